The van der Waals surface area contributed by atoms with Crippen molar-refractivity contribution in [2.45, 2.75) is 19.4 Å². The Hall–Kier alpha value is -0.180. The second-order valence-corrected chi connectivity index (χ2v) is 4.68. The molecule has 84 valence electrons. The summed E-state index contributed by atoms with van der Waals surface area (Å²) >= 11 is 10.1. The molecule has 1 nitrogen and oxygen atoms in total. The second kappa shape index (κ2) is 7.15. The number of benzene rings is 1. The number of thiol groups is 1. The zero-order valence-corrected chi connectivity index (χ0v) is 10.8. The van der Waals surface area contributed by atoms with Gasteiger partial charge in [0.25, 0.3) is 0 Å². The highest BCUT2D eigenvalue weighted by atomic mass is 35.5. The normalized spacial score (nSPS) is 10.9. The fraction of sp³-hybridized carbons (Fsp3) is 0.500. The first-order valence-corrected chi connectivity index (χ1v) is 6.27. The quantitative estimate of drug-likeness (QED) is 0.592. The van der Waals surface area contributed by atoms with Gasteiger partial charge in [0.1, 0.15) is 0 Å². The topological polar surface area (TPSA) is 3.24 Å². The van der Waals surface area contributed by atoms with E-state index in [1.807, 2.05) is 18.2 Å². The molecule has 0 bridgehead atoms. The number of rotatable bonds is 6. The first-order valence-electron chi connectivity index (χ1n) is 5.26. The Labute approximate surface area is 103 Å². The van der Waals surface area contributed by atoms with Gasteiger partial charge in [0.05, 0.1) is 0 Å². The summed E-state index contributed by atoms with van der Waals surface area (Å²) in [7, 11) is 2.14. The van der Waals surface area contributed by atoms with E-state index in [2.05, 4.69) is 30.6 Å². The fourth-order valence-corrected chi connectivity index (χ4v) is 1.96. The van der Waals surface area contributed by atoms with Crippen molar-refractivity contribution in [3.8, 4) is 0 Å². The Bertz CT molecular complexity index is 291. The van der Waals surface area contributed by atoms with Crippen LogP contribution in [0.25, 0.3) is 0 Å². The molecule has 0 aliphatic heterocycles. The van der Waals surface area contributed by atoms with Crippen LogP contribution < -0.4 is 0 Å². The second-order valence-electron chi connectivity index (χ2n) is 3.80. The SMILES string of the molecule is CN(CCCCS)Cc1cccc(Cl)c1. The van der Waals surface area contributed by atoms with E-state index in [0.29, 0.717) is 0 Å². The molecule has 0 aliphatic rings. The van der Waals surface area contributed by atoms with Gasteiger partial charge in [0.2, 0.25) is 0 Å². The van der Waals surface area contributed by atoms with E-state index < -0.39 is 0 Å². The van der Waals surface area contributed by atoms with Crippen LogP contribution in [0.15, 0.2) is 24.3 Å². The first kappa shape index (κ1) is 12.9. The van der Waals surface area contributed by atoms with E-state index in [9.17, 15) is 0 Å². The first-order chi connectivity index (χ1) is 7.22. The standard InChI is InChI=1S/C12H18ClNS/c1-14(7-2-3-8-15)10-11-5-4-6-12(13)9-11/h4-6,9,15H,2-3,7-8,10H2,1H3. The van der Waals surface area contributed by atoms with Crippen LogP contribution in [0.5, 0.6) is 0 Å². The molecule has 1 aromatic carbocycles. The third kappa shape index (κ3) is 5.45. The van der Waals surface area contributed by atoms with Crippen molar-refractivity contribution >= 4 is 24.2 Å². The summed E-state index contributed by atoms with van der Waals surface area (Å²) in [5.74, 6) is 0.977. The van der Waals surface area contributed by atoms with E-state index in [4.69, 9.17) is 11.6 Å². The minimum absolute atomic E-state index is 0.816. The maximum atomic E-state index is 5.93. The van der Waals surface area contributed by atoms with Crippen molar-refractivity contribution in [3.05, 3.63) is 34.9 Å². The number of hydrogen-bond donors (Lipinski definition) is 1. The summed E-state index contributed by atoms with van der Waals surface area (Å²) < 4.78 is 0. The zero-order valence-electron chi connectivity index (χ0n) is 9.12. The van der Waals surface area contributed by atoms with Crippen molar-refractivity contribution < 1.29 is 0 Å². The van der Waals surface area contributed by atoms with Crippen LogP contribution in [0, 0.1) is 0 Å². The van der Waals surface area contributed by atoms with Gasteiger partial charge in [-0.15, -0.1) is 0 Å². The molecular formula is C12H18ClNS. The molecule has 0 amide bonds. The van der Waals surface area contributed by atoms with Gasteiger partial charge in [0, 0.05) is 11.6 Å². The van der Waals surface area contributed by atoms with Gasteiger partial charge in [-0.2, -0.15) is 12.6 Å². The molecular weight excluding hydrogens is 226 g/mol. The monoisotopic (exact) mass is 243 g/mol. The Morgan fingerprint density at radius 1 is 1.33 bits per heavy atom. The third-order valence-corrected chi connectivity index (χ3v) is 2.84. The van der Waals surface area contributed by atoms with Crippen molar-refractivity contribution in [2.75, 3.05) is 19.3 Å². The van der Waals surface area contributed by atoms with E-state index in [1.165, 1.54) is 18.4 Å². The maximum Gasteiger partial charge on any atom is 0.0409 e. The zero-order chi connectivity index (χ0) is 11.1. The molecule has 1 rings (SSSR count). The van der Waals surface area contributed by atoms with E-state index >= 15 is 0 Å². The lowest BCUT2D eigenvalue weighted by molar-refractivity contribution is 0.321. The van der Waals surface area contributed by atoms with Crippen molar-refractivity contribution in [1.29, 1.82) is 0 Å². The van der Waals surface area contributed by atoms with Crippen molar-refractivity contribution in [3.63, 3.8) is 0 Å². The summed E-state index contributed by atoms with van der Waals surface area (Å²) in [6.07, 6.45) is 2.39. The summed E-state index contributed by atoms with van der Waals surface area (Å²) in [5, 5.41) is 0.816. The van der Waals surface area contributed by atoms with Crippen LogP contribution in [0.1, 0.15) is 18.4 Å². The molecule has 1 aromatic rings. The summed E-state index contributed by atoms with van der Waals surface area (Å²) in [6, 6.07) is 8.04. The molecule has 0 saturated carbocycles. The van der Waals surface area contributed by atoms with Crippen molar-refractivity contribution in [1.82, 2.24) is 4.90 Å². The molecule has 3 heteroatoms. The van der Waals surface area contributed by atoms with Gasteiger partial charge in [-0.25, -0.2) is 0 Å². The van der Waals surface area contributed by atoms with Crippen LogP contribution >= 0.6 is 24.2 Å². The molecule has 0 saturated heterocycles. The minimum Gasteiger partial charge on any atom is -0.302 e. The Kier molecular flexibility index (Phi) is 6.15. The molecule has 0 aliphatic carbocycles. The number of hydrogen-bond acceptors (Lipinski definition) is 2. The molecule has 0 spiro atoms. The Morgan fingerprint density at radius 2 is 2.13 bits per heavy atom. The van der Waals surface area contributed by atoms with Crippen LogP contribution in [0.4, 0.5) is 0 Å². The van der Waals surface area contributed by atoms with Gasteiger partial charge >= 0.3 is 0 Å². The molecule has 0 heterocycles. The van der Waals surface area contributed by atoms with Gasteiger partial charge in [-0.3, -0.25) is 0 Å². The van der Waals surface area contributed by atoms with Gasteiger partial charge in [-0.05, 0) is 49.9 Å². The highest BCUT2D eigenvalue weighted by Gasteiger charge is 2.00. The van der Waals surface area contributed by atoms with E-state index in [-0.39, 0.29) is 0 Å². The lowest BCUT2D eigenvalue weighted by Crippen LogP contribution is -2.19. The van der Waals surface area contributed by atoms with Crippen molar-refractivity contribution in [2.24, 2.45) is 0 Å². The molecule has 0 unspecified atom stereocenters. The maximum absolute atomic E-state index is 5.93. The Balaban J connectivity index is 2.34. The van der Waals surface area contributed by atoms with E-state index in [0.717, 1.165) is 23.9 Å². The lowest BCUT2D eigenvalue weighted by Gasteiger charge is -2.16. The average Bonchev–Trinajstić information content (AvgIpc) is 2.18. The molecule has 0 radical (unpaired) electrons. The third-order valence-electron chi connectivity index (χ3n) is 2.29. The van der Waals surface area contributed by atoms with Crippen LogP contribution in [0.2, 0.25) is 5.02 Å². The van der Waals surface area contributed by atoms with Gasteiger partial charge in [-0.1, -0.05) is 23.7 Å². The van der Waals surface area contributed by atoms with Gasteiger partial charge < -0.3 is 4.90 Å². The van der Waals surface area contributed by atoms with Gasteiger partial charge in [0.15, 0.2) is 0 Å². The fourth-order valence-electron chi connectivity index (χ4n) is 1.52. The smallest absolute Gasteiger partial charge is 0.0409 e. The lowest BCUT2D eigenvalue weighted by atomic mass is 10.2. The molecule has 0 fully saturated rings. The van der Waals surface area contributed by atoms with Crippen LogP contribution in [-0.2, 0) is 6.54 Å². The average molecular weight is 244 g/mol. The van der Waals surface area contributed by atoms with Crippen LogP contribution in [0.3, 0.4) is 0 Å². The predicted octanol–water partition coefficient (Wildman–Crippen LogP) is 3.48. The Morgan fingerprint density at radius 3 is 2.80 bits per heavy atom. The highest BCUT2D eigenvalue weighted by molar-refractivity contribution is 7.80. The van der Waals surface area contributed by atoms with E-state index in [1.54, 1.807) is 0 Å². The summed E-state index contributed by atoms with van der Waals surface area (Å²) in [6.45, 7) is 2.08. The minimum atomic E-state index is 0.816. The number of unbranched alkanes of at least 4 members (excludes halogenated alkanes) is 1. The number of halogens is 1. The van der Waals surface area contributed by atoms with Crippen LogP contribution in [-0.4, -0.2) is 24.2 Å². The number of nitrogens with zero attached hydrogens (tertiary/aromatic N) is 1. The molecule has 15 heavy (non-hydrogen) atoms. The summed E-state index contributed by atoms with van der Waals surface area (Å²) in [4.78, 5) is 2.31. The molecule has 0 atom stereocenters. The predicted molar refractivity (Wildman–Crippen MR) is 70.9 cm³/mol. The summed E-state index contributed by atoms with van der Waals surface area (Å²) in [5.41, 5.74) is 1.27. The largest absolute Gasteiger partial charge is 0.302 e. The molecule has 0 N–H and O–H groups in total. The highest BCUT2D eigenvalue weighted by Crippen LogP contribution is 2.12. The molecule has 0 aromatic heterocycles.